The van der Waals surface area contributed by atoms with Crippen molar-refractivity contribution in [2.75, 3.05) is 31.1 Å². The van der Waals surface area contributed by atoms with E-state index in [4.69, 9.17) is 0 Å². The van der Waals surface area contributed by atoms with Crippen LogP contribution in [0.4, 0.5) is 5.69 Å². The number of sulfonamides is 1. The lowest BCUT2D eigenvalue weighted by Gasteiger charge is -2.36. The fourth-order valence-corrected chi connectivity index (χ4v) is 5.13. The molecule has 7 heteroatoms. The van der Waals surface area contributed by atoms with Crippen LogP contribution in [0.1, 0.15) is 34.0 Å². The van der Waals surface area contributed by atoms with Crippen LogP contribution in [0.2, 0.25) is 0 Å². The van der Waals surface area contributed by atoms with Gasteiger partial charge in [-0.2, -0.15) is 9.57 Å². The Morgan fingerprint density at radius 3 is 2.29 bits per heavy atom. The molecule has 2 aromatic carbocycles. The van der Waals surface area contributed by atoms with Crippen LogP contribution in [0.3, 0.4) is 0 Å². The molecule has 1 aliphatic heterocycles. The maximum absolute atomic E-state index is 13.0. The molecule has 1 fully saturated rings. The van der Waals surface area contributed by atoms with Gasteiger partial charge in [-0.05, 0) is 50.6 Å². The smallest absolute Gasteiger partial charge is 0.243 e. The number of carbonyl (C=O) groups excluding carboxylic acids is 1. The molecule has 0 N–H and O–H groups in total. The van der Waals surface area contributed by atoms with Crippen LogP contribution in [-0.2, 0) is 10.0 Å². The average Bonchev–Trinajstić information content (AvgIpc) is 2.67. The summed E-state index contributed by atoms with van der Waals surface area (Å²) in [4.78, 5) is 14.0. The van der Waals surface area contributed by atoms with Gasteiger partial charge in [-0.15, -0.1) is 0 Å². The molecule has 0 aromatic heterocycles. The maximum Gasteiger partial charge on any atom is 0.243 e. The van der Waals surface area contributed by atoms with Crippen molar-refractivity contribution >= 4 is 21.5 Å². The normalized spacial score (nSPS) is 15.3. The van der Waals surface area contributed by atoms with E-state index < -0.39 is 10.0 Å². The van der Waals surface area contributed by atoms with Crippen molar-refractivity contribution in [1.29, 1.82) is 5.26 Å². The van der Waals surface area contributed by atoms with Crippen LogP contribution >= 0.6 is 0 Å². The monoisotopic (exact) mass is 397 g/mol. The van der Waals surface area contributed by atoms with E-state index in [9.17, 15) is 18.5 Å². The third-order valence-corrected chi connectivity index (χ3v) is 7.11. The molecule has 0 amide bonds. The highest BCUT2D eigenvalue weighted by molar-refractivity contribution is 7.89. The second kappa shape index (κ2) is 7.74. The second-order valence-corrected chi connectivity index (χ2v) is 8.97. The Bertz CT molecular complexity index is 1060. The SMILES string of the molecule is CC(=O)c1ccc(C#N)c(N2CCN(S(=O)(=O)c3ccc(C)cc3C)CC2)c1. The Labute approximate surface area is 166 Å². The molecule has 0 unspecified atom stereocenters. The Morgan fingerprint density at radius 2 is 1.71 bits per heavy atom. The lowest BCUT2D eigenvalue weighted by molar-refractivity contribution is 0.101. The van der Waals surface area contributed by atoms with Gasteiger partial charge in [-0.3, -0.25) is 4.79 Å². The molecule has 1 saturated heterocycles. The quantitative estimate of drug-likeness (QED) is 0.741. The predicted octanol–water partition coefficient (Wildman–Crippen LogP) is 2.89. The number of hydrogen-bond acceptors (Lipinski definition) is 5. The number of aryl methyl sites for hydroxylation is 2. The van der Waals surface area contributed by atoms with Crippen molar-refractivity contribution in [3.63, 3.8) is 0 Å². The first-order valence-corrected chi connectivity index (χ1v) is 10.6. The van der Waals surface area contributed by atoms with Crippen molar-refractivity contribution in [2.45, 2.75) is 25.7 Å². The number of nitriles is 1. The summed E-state index contributed by atoms with van der Waals surface area (Å²) in [6, 6.07) is 12.5. The number of rotatable bonds is 4. The van der Waals surface area contributed by atoms with E-state index in [2.05, 4.69) is 6.07 Å². The summed E-state index contributed by atoms with van der Waals surface area (Å²) in [6.07, 6.45) is 0. The summed E-state index contributed by atoms with van der Waals surface area (Å²) in [6.45, 7) is 6.79. The van der Waals surface area contributed by atoms with E-state index in [-0.39, 0.29) is 5.78 Å². The standard InChI is InChI=1S/C21H23N3O3S/c1-15-4-7-21(16(2)12-15)28(26,27)24-10-8-23(9-11-24)20-13-18(17(3)25)5-6-19(20)14-22/h4-7,12-13H,8-11H2,1-3H3. The summed E-state index contributed by atoms with van der Waals surface area (Å²) in [5.41, 5.74) is 3.47. The molecule has 28 heavy (non-hydrogen) atoms. The van der Waals surface area contributed by atoms with Crippen LogP contribution in [0, 0.1) is 25.2 Å². The molecule has 146 valence electrons. The van der Waals surface area contributed by atoms with Crippen LogP contribution in [0.5, 0.6) is 0 Å². The molecule has 3 rings (SSSR count). The highest BCUT2D eigenvalue weighted by Gasteiger charge is 2.30. The summed E-state index contributed by atoms with van der Waals surface area (Å²) >= 11 is 0. The molecule has 0 atom stereocenters. The van der Waals surface area contributed by atoms with Gasteiger partial charge in [0.1, 0.15) is 6.07 Å². The molecule has 6 nitrogen and oxygen atoms in total. The molecule has 0 bridgehead atoms. The number of hydrogen-bond donors (Lipinski definition) is 0. The van der Waals surface area contributed by atoms with Crippen molar-refractivity contribution in [3.05, 3.63) is 58.7 Å². The average molecular weight is 398 g/mol. The molecule has 1 aliphatic rings. The number of piperazine rings is 1. The van der Waals surface area contributed by atoms with E-state index in [1.54, 1.807) is 24.3 Å². The Hall–Kier alpha value is -2.69. The van der Waals surface area contributed by atoms with Gasteiger partial charge in [0.15, 0.2) is 5.78 Å². The van der Waals surface area contributed by atoms with Gasteiger partial charge in [0.2, 0.25) is 10.0 Å². The van der Waals surface area contributed by atoms with Gasteiger partial charge in [-0.25, -0.2) is 8.42 Å². The topological polar surface area (TPSA) is 81.5 Å². The minimum absolute atomic E-state index is 0.0678. The first kappa shape index (κ1) is 20.1. The van der Waals surface area contributed by atoms with Crippen molar-refractivity contribution in [3.8, 4) is 6.07 Å². The van der Waals surface area contributed by atoms with E-state index >= 15 is 0 Å². The number of ketones is 1. The lowest BCUT2D eigenvalue weighted by Crippen LogP contribution is -2.49. The van der Waals surface area contributed by atoms with Gasteiger partial charge < -0.3 is 4.90 Å². The second-order valence-electron chi connectivity index (χ2n) is 7.06. The lowest BCUT2D eigenvalue weighted by atomic mass is 10.1. The van der Waals surface area contributed by atoms with Crippen LogP contribution in [-0.4, -0.2) is 44.7 Å². The summed E-state index contributed by atoms with van der Waals surface area (Å²) in [7, 11) is -3.56. The van der Waals surface area contributed by atoms with Gasteiger partial charge in [-0.1, -0.05) is 17.7 Å². The summed E-state index contributed by atoms with van der Waals surface area (Å²) in [5, 5.41) is 9.39. The van der Waals surface area contributed by atoms with Gasteiger partial charge in [0.05, 0.1) is 16.1 Å². The summed E-state index contributed by atoms with van der Waals surface area (Å²) in [5.74, 6) is -0.0678. The zero-order chi connectivity index (χ0) is 20.5. The Kier molecular flexibility index (Phi) is 5.54. The molecule has 2 aromatic rings. The molecule has 0 saturated carbocycles. The molecular formula is C21H23N3O3S. The number of anilines is 1. The fourth-order valence-electron chi connectivity index (χ4n) is 3.50. The minimum atomic E-state index is -3.56. The van der Waals surface area contributed by atoms with Crippen molar-refractivity contribution in [2.24, 2.45) is 0 Å². The highest BCUT2D eigenvalue weighted by atomic mass is 32.2. The molecule has 0 aliphatic carbocycles. The van der Waals surface area contributed by atoms with Crippen LogP contribution < -0.4 is 4.90 Å². The van der Waals surface area contributed by atoms with Gasteiger partial charge in [0, 0.05) is 31.7 Å². The fraction of sp³-hybridized carbons (Fsp3) is 0.333. The largest absolute Gasteiger partial charge is 0.368 e. The first-order valence-electron chi connectivity index (χ1n) is 9.11. The highest BCUT2D eigenvalue weighted by Crippen LogP contribution is 2.26. The zero-order valence-electron chi connectivity index (χ0n) is 16.3. The van der Waals surface area contributed by atoms with E-state index in [1.165, 1.54) is 11.2 Å². The predicted molar refractivity (Wildman–Crippen MR) is 108 cm³/mol. The molecule has 0 spiro atoms. The van der Waals surface area contributed by atoms with Crippen molar-refractivity contribution in [1.82, 2.24) is 4.31 Å². The Morgan fingerprint density at radius 1 is 1.04 bits per heavy atom. The number of nitrogens with zero attached hydrogens (tertiary/aromatic N) is 3. The van der Waals surface area contributed by atoms with Gasteiger partial charge in [0.25, 0.3) is 0 Å². The minimum Gasteiger partial charge on any atom is -0.368 e. The number of Topliss-reactive ketones (excluding diaryl/α,β-unsaturated/α-hetero) is 1. The first-order chi connectivity index (χ1) is 13.2. The van der Waals surface area contributed by atoms with Crippen LogP contribution in [0.25, 0.3) is 0 Å². The number of benzene rings is 2. The molecule has 0 radical (unpaired) electrons. The van der Waals surface area contributed by atoms with Gasteiger partial charge >= 0.3 is 0 Å². The third-order valence-electron chi connectivity index (χ3n) is 5.05. The maximum atomic E-state index is 13.0. The van der Waals surface area contributed by atoms with E-state index in [0.717, 1.165) is 11.1 Å². The van der Waals surface area contributed by atoms with E-state index in [0.29, 0.717) is 47.9 Å². The number of carbonyl (C=O) groups is 1. The third kappa shape index (κ3) is 3.79. The zero-order valence-corrected chi connectivity index (χ0v) is 17.1. The van der Waals surface area contributed by atoms with Crippen molar-refractivity contribution < 1.29 is 13.2 Å². The molecule has 1 heterocycles. The Balaban J connectivity index is 1.82. The van der Waals surface area contributed by atoms with E-state index in [1.807, 2.05) is 30.9 Å². The van der Waals surface area contributed by atoms with Crippen LogP contribution in [0.15, 0.2) is 41.3 Å². The molecular weight excluding hydrogens is 374 g/mol. The summed E-state index contributed by atoms with van der Waals surface area (Å²) < 4.78 is 27.6.